The zero-order chi connectivity index (χ0) is 20.1. The lowest BCUT2D eigenvalue weighted by atomic mass is 10.1. The van der Waals surface area contributed by atoms with Gasteiger partial charge in [0.1, 0.15) is 0 Å². The lowest BCUT2D eigenvalue weighted by molar-refractivity contribution is -0.116. The lowest BCUT2D eigenvalue weighted by Gasteiger charge is -2.16. The molecule has 0 atom stereocenters. The van der Waals surface area contributed by atoms with Gasteiger partial charge < -0.3 is 5.32 Å². The topological polar surface area (TPSA) is 79.4 Å². The average molecular weight is 436 g/mol. The first-order valence-electron chi connectivity index (χ1n) is 8.35. The van der Waals surface area contributed by atoms with E-state index >= 15 is 0 Å². The molecule has 6 nitrogen and oxygen atoms in total. The maximum Gasteiger partial charge on any atom is 0.243 e. The number of thiazole rings is 1. The molecule has 1 N–H and O–H groups in total. The summed E-state index contributed by atoms with van der Waals surface area (Å²) >= 11 is 7.33. The van der Waals surface area contributed by atoms with Crippen LogP contribution in [-0.4, -0.2) is 37.2 Å². The number of carbonyl (C=O) groups is 1. The number of benzene rings is 2. The summed E-state index contributed by atoms with van der Waals surface area (Å²) in [5, 5.41) is 3.74. The van der Waals surface area contributed by atoms with E-state index in [9.17, 15) is 13.2 Å². The van der Waals surface area contributed by atoms with Crippen molar-refractivity contribution in [3.05, 3.63) is 76.3 Å². The van der Waals surface area contributed by atoms with Crippen molar-refractivity contribution in [3.63, 3.8) is 0 Å². The van der Waals surface area contributed by atoms with Gasteiger partial charge in [0.15, 0.2) is 5.13 Å². The van der Waals surface area contributed by atoms with Crippen LogP contribution in [0.1, 0.15) is 10.4 Å². The number of hydrogen-bond donors (Lipinski definition) is 1. The molecule has 1 aromatic heterocycles. The first-order chi connectivity index (χ1) is 13.3. The van der Waals surface area contributed by atoms with Crippen LogP contribution in [0.5, 0.6) is 0 Å². The van der Waals surface area contributed by atoms with E-state index in [0.717, 1.165) is 14.7 Å². The number of nitrogens with one attached hydrogen (secondary N) is 1. The maximum absolute atomic E-state index is 12.5. The number of halogens is 1. The van der Waals surface area contributed by atoms with Gasteiger partial charge in [-0.3, -0.25) is 4.79 Å². The van der Waals surface area contributed by atoms with E-state index < -0.39 is 15.9 Å². The van der Waals surface area contributed by atoms with Gasteiger partial charge in [-0.05, 0) is 29.8 Å². The van der Waals surface area contributed by atoms with Crippen molar-refractivity contribution in [2.24, 2.45) is 0 Å². The van der Waals surface area contributed by atoms with Crippen LogP contribution in [0.25, 0.3) is 0 Å². The molecule has 1 heterocycles. The van der Waals surface area contributed by atoms with Gasteiger partial charge in [-0.2, -0.15) is 4.31 Å². The van der Waals surface area contributed by atoms with Crippen LogP contribution in [0.15, 0.2) is 65.7 Å². The van der Waals surface area contributed by atoms with E-state index in [-0.39, 0.29) is 11.4 Å². The molecular weight excluding hydrogens is 418 g/mol. The molecule has 0 saturated heterocycles. The molecule has 0 unspecified atom stereocenters. The minimum absolute atomic E-state index is 0.142. The van der Waals surface area contributed by atoms with Crippen LogP contribution >= 0.6 is 22.9 Å². The minimum Gasteiger partial charge on any atom is -0.301 e. The molecule has 0 fully saturated rings. The SMILES string of the molecule is CN(CC(=O)Nc1ncc(Cc2cccc(Cl)c2)s1)S(=O)(=O)c1ccccc1. The van der Waals surface area contributed by atoms with E-state index in [1.54, 1.807) is 24.4 Å². The van der Waals surface area contributed by atoms with Crippen LogP contribution in [0.4, 0.5) is 5.13 Å². The van der Waals surface area contributed by atoms with Gasteiger partial charge in [0, 0.05) is 29.6 Å². The van der Waals surface area contributed by atoms with Gasteiger partial charge in [0.2, 0.25) is 15.9 Å². The second-order valence-electron chi connectivity index (χ2n) is 6.06. The zero-order valence-corrected chi connectivity index (χ0v) is 17.4. The molecule has 0 spiro atoms. The quantitative estimate of drug-likeness (QED) is 0.614. The van der Waals surface area contributed by atoms with Crippen molar-refractivity contribution >= 4 is 44.0 Å². The molecule has 146 valence electrons. The third-order valence-corrected chi connectivity index (χ3v) is 6.85. The van der Waals surface area contributed by atoms with Crippen molar-refractivity contribution in [2.75, 3.05) is 18.9 Å². The van der Waals surface area contributed by atoms with E-state index in [1.807, 2.05) is 24.3 Å². The Balaban J connectivity index is 1.60. The Labute approximate surface area is 172 Å². The van der Waals surface area contributed by atoms with Crippen molar-refractivity contribution in [1.29, 1.82) is 0 Å². The number of carbonyl (C=O) groups excluding carboxylic acids is 1. The summed E-state index contributed by atoms with van der Waals surface area (Å²) in [4.78, 5) is 17.5. The minimum atomic E-state index is -3.72. The number of rotatable bonds is 7. The molecule has 1 amide bonds. The molecule has 0 bridgehead atoms. The summed E-state index contributed by atoms with van der Waals surface area (Å²) in [7, 11) is -2.35. The maximum atomic E-state index is 12.5. The predicted octanol–water partition coefficient (Wildman–Crippen LogP) is 3.65. The third kappa shape index (κ3) is 5.17. The van der Waals surface area contributed by atoms with Crippen molar-refractivity contribution in [1.82, 2.24) is 9.29 Å². The normalized spacial score (nSPS) is 11.5. The average Bonchev–Trinajstić information content (AvgIpc) is 3.09. The Bertz CT molecular complexity index is 1070. The van der Waals surface area contributed by atoms with Gasteiger partial charge in [0.25, 0.3) is 0 Å². The van der Waals surface area contributed by atoms with E-state index in [4.69, 9.17) is 11.6 Å². The molecule has 0 aliphatic heterocycles. The molecule has 0 aliphatic carbocycles. The standard InChI is InChI=1S/C19H18ClN3O3S2/c1-23(28(25,26)17-8-3-2-4-9-17)13-18(24)22-19-21-12-16(27-19)11-14-6-5-7-15(20)10-14/h2-10,12H,11,13H2,1H3,(H,21,22,24). The third-order valence-electron chi connectivity index (χ3n) is 3.88. The zero-order valence-electron chi connectivity index (χ0n) is 15.0. The second-order valence-corrected chi connectivity index (χ2v) is 9.66. The number of nitrogens with zero attached hydrogens (tertiary/aromatic N) is 2. The van der Waals surface area contributed by atoms with Gasteiger partial charge in [-0.1, -0.05) is 41.9 Å². The molecule has 0 aliphatic rings. The first kappa shape index (κ1) is 20.5. The summed E-state index contributed by atoms with van der Waals surface area (Å²) in [6.45, 7) is -0.305. The van der Waals surface area contributed by atoms with Crippen molar-refractivity contribution in [2.45, 2.75) is 11.3 Å². The van der Waals surface area contributed by atoms with E-state index in [2.05, 4.69) is 10.3 Å². The largest absolute Gasteiger partial charge is 0.301 e. The molecule has 0 radical (unpaired) electrons. The number of likely N-dealkylation sites (N-methyl/N-ethyl adjacent to an activating group) is 1. The highest BCUT2D eigenvalue weighted by atomic mass is 35.5. The van der Waals surface area contributed by atoms with Crippen LogP contribution < -0.4 is 5.32 Å². The molecule has 2 aromatic carbocycles. The summed E-state index contributed by atoms with van der Waals surface area (Å²) in [6.07, 6.45) is 2.34. The Morgan fingerprint density at radius 1 is 1.18 bits per heavy atom. The fourth-order valence-corrected chi connectivity index (χ4v) is 4.74. The molecule has 28 heavy (non-hydrogen) atoms. The van der Waals surface area contributed by atoms with E-state index in [1.165, 1.54) is 30.5 Å². The number of aromatic nitrogens is 1. The summed E-state index contributed by atoms with van der Waals surface area (Å²) in [6, 6.07) is 15.5. The first-order valence-corrected chi connectivity index (χ1v) is 11.0. The highest BCUT2D eigenvalue weighted by Gasteiger charge is 2.23. The fraction of sp³-hybridized carbons (Fsp3) is 0.158. The molecule has 3 rings (SSSR count). The smallest absolute Gasteiger partial charge is 0.243 e. The van der Waals surface area contributed by atoms with Crippen LogP contribution in [-0.2, 0) is 21.2 Å². The van der Waals surface area contributed by atoms with Crippen LogP contribution in [0.2, 0.25) is 5.02 Å². The second kappa shape index (κ2) is 8.83. The molecule has 9 heteroatoms. The fourth-order valence-electron chi connectivity index (χ4n) is 2.51. The molecular formula is C19H18ClN3O3S2. The number of sulfonamides is 1. The molecule has 0 saturated carbocycles. The number of amides is 1. The van der Waals surface area contributed by atoms with E-state index in [0.29, 0.717) is 16.6 Å². The lowest BCUT2D eigenvalue weighted by Crippen LogP contribution is -2.34. The number of anilines is 1. The van der Waals surface area contributed by atoms with Crippen molar-refractivity contribution in [3.8, 4) is 0 Å². The van der Waals surface area contributed by atoms with Gasteiger partial charge in [0.05, 0.1) is 11.4 Å². The molecule has 3 aromatic rings. The Kier molecular flexibility index (Phi) is 6.46. The van der Waals surface area contributed by atoms with Crippen LogP contribution in [0.3, 0.4) is 0 Å². The van der Waals surface area contributed by atoms with Gasteiger partial charge >= 0.3 is 0 Å². The number of hydrogen-bond acceptors (Lipinski definition) is 5. The van der Waals surface area contributed by atoms with Crippen LogP contribution in [0, 0.1) is 0 Å². The Hall–Kier alpha value is -2.26. The highest BCUT2D eigenvalue weighted by Crippen LogP contribution is 2.22. The predicted molar refractivity (Wildman–Crippen MR) is 111 cm³/mol. The van der Waals surface area contributed by atoms with Gasteiger partial charge in [-0.25, -0.2) is 13.4 Å². The van der Waals surface area contributed by atoms with Crippen molar-refractivity contribution < 1.29 is 13.2 Å². The summed E-state index contributed by atoms with van der Waals surface area (Å²) in [5.41, 5.74) is 1.04. The Morgan fingerprint density at radius 2 is 1.93 bits per heavy atom. The highest BCUT2D eigenvalue weighted by molar-refractivity contribution is 7.89. The monoisotopic (exact) mass is 435 g/mol. The van der Waals surface area contributed by atoms with Gasteiger partial charge in [-0.15, -0.1) is 11.3 Å². The summed E-state index contributed by atoms with van der Waals surface area (Å²) < 4.78 is 26.0. The summed E-state index contributed by atoms with van der Waals surface area (Å²) in [5.74, 6) is -0.453. The Morgan fingerprint density at radius 3 is 2.64 bits per heavy atom.